The second kappa shape index (κ2) is 4.96. The monoisotopic (exact) mass is 364 g/mol. The van der Waals surface area contributed by atoms with Gasteiger partial charge < -0.3 is 24.8 Å². The fourth-order valence-corrected chi connectivity index (χ4v) is 2.48. The minimum Gasteiger partial charge on any atom is -0.507 e. The van der Waals surface area contributed by atoms with E-state index in [1.807, 2.05) is 0 Å². The smallest absolute Gasteiger partial charge is 0.197 e. The van der Waals surface area contributed by atoms with Crippen molar-refractivity contribution in [2.24, 2.45) is 0 Å². The number of phenols is 4. The summed E-state index contributed by atoms with van der Waals surface area (Å²) in [6, 6.07) is 6.13. The van der Waals surface area contributed by atoms with Gasteiger partial charge in [-0.3, -0.25) is 4.79 Å². The summed E-state index contributed by atoms with van der Waals surface area (Å²) in [6.45, 7) is 0. The molecule has 0 aliphatic carbocycles. The van der Waals surface area contributed by atoms with Crippen molar-refractivity contribution in [3.8, 4) is 34.3 Å². The lowest BCUT2D eigenvalue weighted by Crippen LogP contribution is -2.01. The fourth-order valence-electron chi connectivity index (χ4n) is 2.09. The third-order valence-corrected chi connectivity index (χ3v) is 3.93. The quantitative estimate of drug-likeness (QED) is 0.494. The third kappa shape index (κ3) is 2.15. The van der Waals surface area contributed by atoms with Gasteiger partial charge in [0.05, 0.1) is 0 Å². The van der Waals surface area contributed by atoms with Crippen LogP contribution in [0.2, 0.25) is 0 Å². The first-order valence-corrected chi connectivity index (χ1v) is 6.88. The van der Waals surface area contributed by atoms with Gasteiger partial charge in [0.15, 0.2) is 22.5 Å². The highest BCUT2D eigenvalue weighted by Crippen LogP contribution is 2.39. The van der Waals surface area contributed by atoms with Crippen LogP contribution in [-0.4, -0.2) is 20.4 Å². The van der Waals surface area contributed by atoms with Gasteiger partial charge in [-0.15, -0.1) is 0 Å². The largest absolute Gasteiger partial charge is 0.507 e. The molecule has 0 aliphatic heterocycles. The number of hydrogen-bond acceptors (Lipinski definition) is 6. The van der Waals surface area contributed by atoms with E-state index in [-0.39, 0.29) is 38.5 Å². The summed E-state index contributed by atoms with van der Waals surface area (Å²) in [7, 11) is 0. The maximum atomic E-state index is 12.2. The number of halogens is 1. The van der Waals surface area contributed by atoms with Gasteiger partial charge in [-0.1, -0.05) is 0 Å². The van der Waals surface area contributed by atoms with Crippen molar-refractivity contribution in [1.82, 2.24) is 0 Å². The molecule has 6 nitrogen and oxygen atoms in total. The Morgan fingerprint density at radius 3 is 2.27 bits per heavy atom. The Kier molecular flexibility index (Phi) is 3.22. The van der Waals surface area contributed by atoms with Crippen LogP contribution in [-0.2, 0) is 0 Å². The molecule has 0 fully saturated rings. The number of rotatable bonds is 1. The van der Waals surface area contributed by atoms with Crippen molar-refractivity contribution in [2.45, 2.75) is 0 Å². The van der Waals surface area contributed by atoms with Crippen LogP contribution in [0.25, 0.3) is 22.3 Å². The minimum atomic E-state index is -0.512. The van der Waals surface area contributed by atoms with E-state index in [9.17, 15) is 25.2 Å². The summed E-state index contributed by atoms with van der Waals surface area (Å²) in [5.74, 6) is -1.23. The Balaban J connectivity index is 2.35. The molecule has 0 bridgehead atoms. The molecule has 7 heteroatoms. The van der Waals surface area contributed by atoms with Gasteiger partial charge in [-0.2, -0.15) is 0 Å². The maximum Gasteiger partial charge on any atom is 0.197 e. The van der Waals surface area contributed by atoms with E-state index in [1.54, 1.807) is 0 Å². The van der Waals surface area contributed by atoms with Crippen LogP contribution < -0.4 is 5.43 Å². The minimum absolute atomic E-state index is 0.0208. The SMILES string of the molecule is O=c1cc(-c2ccc(O)c(O)c2)oc2c(Br)c(O)cc(O)c12. The Hall–Kier alpha value is -2.67. The molecular formula is C15H9BrO6. The van der Waals surface area contributed by atoms with Crippen molar-refractivity contribution >= 4 is 26.9 Å². The van der Waals surface area contributed by atoms with E-state index in [0.717, 1.165) is 12.1 Å². The van der Waals surface area contributed by atoms with Gasteiger partial charge >= 0.3 is 0 Å². The Bertz CT molecular complexity index is 960. The fraction of sp³-hybridized carbons (Fsp3) is 0. The Morgan fingerprint density at radius 1 is 0.864 bits per heavy atom. The molecule has 4 N–H and O–H groups in total. The molecule has 22 heavy (non-hydrogen) atoms. The molecule has 0 unspecified atom stereocenters. The van der Waals surface area contributed by atoms with Crippen LogP contribution in [0.5, 0.6) is 23.0 Å². The summed E-state index contributed by atoms with van der Waals surface area (Å²) in [5.41, 5.74) is -0.182. The van der Waals surface area contributed by atoms with Gasteiger partial charge in [-0.25, -0.2) is 0 Å². The molecule has 0 spiro atoms. The van der Waals surface area contributed by atoms with E-state index >= 15 is 0 Å². The van der Waals surface area contributed by atoms with Crippen LogP contribution in [0.15, 0.2) is 44.0 Å². The first-order chi connectivity index (χ1) is 10.4. The highest BCUT2D eigenvalue weighted by Gasteiger charge is 2.17. The molecule has 0 saturated carbocycles. The van der Waals surface area contributed by atoms with Gasteiger partial charge in [0, 0.05) is 17.7 Å². The van der Waals surface area contributed by atoms with Crippen molar-refractivity contribution in [3.63, 3.8) is 0 Å². The van der Waals surface area contributed by atoms with Crippen molar-refractivity contribution in [2.75, 3.05) is 0 Å². The van der Waals surface area contributed by atoms with E-state index in [1.165, 1.54) is 18.2 Å². The summed E-state index contributed by atoms with van der Waals surface area (Å²) >= 11 is 3.10. The average Bonchev–Trinajstić information content (AvgIpc) is 2.47. The van der Waals surface area contributed by atoms with Crippen LogP contribution in [0.4, 0.5) is 0 Å². The topological polar surface area (TPSA) is 111 Å². The number of phenolic OH excluding ortho intramolecular Hbond substituents is 4. The second-order valence-corrected chi connectivity index (χ2v) is 5.40. The number of aromatic hydroxyl groups is 4. The first kappa shape index (κ1) is 14.3. The van der Waals surface area contributed by atoms with Crippen LogP contribution >= 0.6 is 15.9 Å². The standard InChI is InChI=1S/C15H9BrO6/c16-14-11(21)4-9(19)13-10(20)5-12(22-15(13)14)6-1-2-7(17)8(18)3-6/h1-5,17-19,21H. The Morgan fingerprint density at radius 2 is 1.59 bits per heavy atom. The lowest BCUT2D eigenvalue weighted by molar-refractivity contribution is 0.404. The number of fused-ring (bicyclic) bond motifs is 1. The van der Waals surface area contributed by atoms with E-state index < -0.39 is 11.2 Å². The number of hydrogen-bond donors (Lipinski definition) is 4. The predicted molar refractivity (Wildman–Crippen MR) is 82.3 cm³/mol. The molecule has 2 aromatic carbocycles. The van der Waals surface area contributed by atoms with Crippen LogP contribution in [0, 0.1) is 0 Å². The van der Waals surface area contributed by atoms with Crippen LogP contribution in [0.1, 0.15) is 0 Å². The van der Waals surface area contributed by atoms with Crippen molar-refractivity contribution in [3.05, 3.63) is 45.0 Å². The molecule has 3 aromatic rings. The first-order valence-electron chi connectivity index (χ1n) is 6.09. The zero-order valence-electron chi connectivity index (χ0n) is 10.9. The molecule has 0 atom stereocenters. The molecule has 0 aliphatic rings. The van der Waals surface area contributed by atoms with Gasteiger partial charge in [-0.05, 0) is 34.1 Å². The summed E-state index contributed by atoms with van der Waals surface area (Å²) in [5, 5.41) is 38.2. The highest BCUT2D eigenvalue weighted by atomic mass is 79.9. The number of benzene rings is 2. The zero-order valence-corrected chi connectivity index (χ0v) is 12.5. The molecule has 0 amide bonds. The molecular weight excluding hydrogens is 356 g/mol. The Labute approximate surface area is 131 Å². The van der Waals surface area contributed by atoms with E-state index in [2.05, 4.69) is 15.9 Å². The highest BCUT2D eigenvalue weighted by molar-refractivity contribution is 9.10. The maximum absolute atomic E-state index is 12.2. The molecule has 1 heterocycles. The van der Waals surface area contributed by atoms with Crippen molar-refractivity contribution < 1.29 is 24.8 Å². The van der Waals surface area contributed by atoms with E-state index in [4.69, 9.17) is 4.42 Å². The molecule has 0 saturated heterocycles. The van der Waals surface area contributed by atoms with Crippen molar-refractivity contribution in [1.29, 1.82) is 0 Å². The molecule has 3 rings (SSSR count). The summed E-state index contributed by atoms with van der Waals surface area (Å²) in [4.78, 5) is 12.2. The molecule has 0 radical (unpaired) electrons. The van der Waals surface area contributed by atoms with Gasteiger partial charge in [0.25, 0.3) is 0 Å². The lowest BCUT2D eigenvalue weighted by atomic mass is 10.1. The second-order valence-electron chi connectivity index (χ2n) is 4.61. The zero-order chi connectivity index (χ0) is 16.0. The predicted octanol–water partition coefficient (Wildman–Crippen LogP) is 3.04. The molecule has 112 valence electrons. The normalized spacial score (nSPS) is 11.0. The van der Waals surface area contributed by atoms with E-state index in [0.29, 0.717) is 5.56 Å². The molecule has 1 aromatic heterocycles. The third-order valence-electron chi connectivity index (χ3n) is 3.16. The summed E-state index contributed by atoms with van der Waals surface area (Å²) < 4.78 is 5.68. The van der Waals surface area contributed by atoms with Gasteiger partial charge in [0.1, 0.15) is 27.1 Å². The van der Waals surface area contributed by atoms with Crippen LogP contribution in [0.3, 0.4) is 0 Å². The lowest BCUT2D eigenvalue weighted by Gasteiger charge is -2.08. The average molecular weight is 365 g/mol. The summed E-state index contributed by atoms with van der Waals surface area (Å²) in [6.07, 6.45) is 0. The van der Waals surface area contributed by atoms with Gasteiger partial charge in [0.2, 0.25) is 0 Å².